The fourth-order valence-corrected chi connectivity index (χ4v) is 0.659. The molecule has 0 unspecified atom stereocenters. The van der Waals surface area contributed by atoms with Crippen LogP contribution >= 0.6 is 0 Å². The Morgan fingerprint density at radius 2 is 2.36 bits per heavy atom. The third-order valence-corrected chi connectivity index (χ3v) is 1.19. The van der Waals surface area contributed by atoms with Crippen LogP contribution in [0.1, 0.15) is 6.42 Å². The number of carbonyl (C=O) groups excluding carboxylic acids is 3. The van der Waals surface area contributed by atoms with E-state index in [1.807, 2.05) is 0 Å². The topological polar surface area (TPSA) is 92.8 Å². The highest BCUT2D eigenvalue weighted by molar-refractivity contribution is 5.85. The molecule has 0 aromatic heterocycles. The molecular weight excluding hydrogens is 152 g/mol. The number of carbonyl (C=O) groups is 3. The van der Waals surface area contributed by atoms with Crippen LogP contribution in [0, 0.1) is 0 Å². The zero-order valence-corrected chi connectivity index (χ0v) is 5.52. The molecule has 0 aromatic rings. The predicted octanol–water partition coefficient (Wildman–Crippen LogP) is -1.20. The van der Waals surface area contributed by atoms with Crippen LogP contribution in [0.25, 0.3) is 0 Å². The summed E-state index contributed by atoms with van der Waals surface area (Å²) in [5, 5.41) is 0.803. The first-order chi connectivity index (χ1) is 5.15. The van der Waals surface area contributed by atoms with Crippen LogP contribution in [0.5, 0.6) is 0 Å². The Kier molecular flexibility index (Phi) is 1.75. The molecule has 0 spiro atoms. The summed E-state index contributed by atoms with van der Waals surface area (Å²) < 4.78 is 0. The lowest BCUT2D eigenvalue weighted by Crippen LogP contribution is -2.27. The van der Waals surface area contributed by atoms with Gasteiger partial charge >= 0.3 is 6.09 Å². The van der Waals surface area contributed by atoms with Gasteiger partial charge in [0.15, 0.2) is 0 Å². The fourth-order valence-electron chi connectivity index (χ4n) is 0.659. The Hall–Kier alpha value is -1.59. The summed E-state index contributed by atoms with van der Waals surface area (Å²) in [7, 11) is 0. The molecule has 1 heterocycles. The molecule has 1 atom stereocenters. The van der Waals surface area contributed by atoms with Crippen LogP contribution in [-0.4, -0.2) is 29.4 Å². The van der Waals surface area contributed by atoms with E-state index in [2.05, 4.69) is 4.84 Å². The molecular formula is C5H6N2O4. The second-order valence-electron chi connectivity index (χ2n) is 2.06. The number of hydrogen-bond donors (Lipinski definition) is 1. The highest BCUT2D eigenvalue weighted by Gasteiger charge is 2.42. The van der Waals surface area contributed by atoms with Gasteiger partial charge in [0, 0.05) is 0 Å². The van der Waals surface area contributed by atoms with Crippen LogP contribution in [-0.2, 0) is 14.4 Å². The van der Waals surface area contributed by atoms with Gasteiger partial charge in [0.05, 0.1) is 6.42 Å². The van der Waals surface area contributed by atoms with Crippen molar-refractivity contribution in [2.24, 2.45) is 5.73 Å². The van der Waals surface area contributed by atoms with Gasteiger partial charge in [-0.3, -0.25) is 4.79 Å². The van der Waals surface area contributed by atoms with Gasteiger partial charge in [0.1, 0.15) is 12.3 Å². The maximum Gasteiger partial charge on any atom is 0.468 e. The highest BCUT2D eigenvalue weighted by atomic mass is 16.9. The lowest BCUT2D eigenvalue weighted by Gasteiger charge is -2.00. The molecule has 6 heteroatoms. The summed E-state index contributed by atoms with van der Waals surface area (Å²) in [5.41, 5.74) is 4.79. The van der Waals surface area contributed by atoms with Gasteiger partial charge in [-0.2, -0.15) is 0 Å². The van der Waals surface area contributed by atoms with Crippen molar-refractivity contribution in [3.05, 3.63) is 0 Å². The van der Waals surface area contributed by atoms with Crippen LogP contribution in [0.2, 0.25) is 0 Å². The molecule has 60 valence electrons. The monoisotopic (exact) mass is 158 g/mol. The van der Waals surface area contributed by atoms with Gasteiger partial charge in [0.25, 0.3) is 0 Å². The molecule has 0 aliphatic carbocycles. The second-order valence-corrected chi connectivity index (χ2v) is 2.06. The minimum absolute atomic E-state index is 0.199. The number of hydroxylamine groups is 2. The normalized spacial score (nSPS) is 17.1. The summed E-state index contributed by atoms with van der Waals surface area (Å²) in [4.78, 5) is 35.0. The molecule has 2 N–H and O–H groups in total. The average Bonchev–Trinajstić information content (AvgIpc) is 2.61. The van der Waals surface area contributed by atoms with Crippen molar-refractivity contribution in [3.8, 4) is 0 Å². The van der Waals surface area contributed by atoms with Crippen molar-refractivity contribution < 1.29 is 19.2 Å². The van der Waals surface area contributed by atoms with Crippen molar-refractivity contribution in [1.29, 1.82) is 0 Å². The van der Waals surface area contributed by atoms with E-state index >= 15 is 0 Å². The zero-order valence-electron chi connectivity index (χ0n) is 5.52. The van der Waals surface area contributed by atoms with Gasteiger partial charge in [-0.25, -0.2) is 4.79 Å². The molecule has 6 nitrogen and oxygen atoms in total. The minimum atomic E-state index is -0.861. The standard InChI is InChI=1S/C5H6N2O4/c6-4(9)1-3(2-8)7-5(10)11-7/h2-3H,1H2,(H2,6,9)/t3-,7?/m0/s1. The van der Waals surface area contributed by atoms with E-state index in [0.717, 1.165) is 5.06 Å². The van der Waals surface area contributed by atoms with E-state index in [9.17, 15) is 14.4 Å². The van der Waals surface area contributed by atoms with E-state index in [1.165, 1.54) is 0 Å². The largest absolute Gasteiger partial charge is 0.468 e. The zero-order chi connectivity index (χ0) is 8.43. The quantitative estimate of drug-likeness (QED) is 0.410. The molecule has 0 saturated carbocycles. The molecule has 1 saturated heterocycles. The average molecular weight is 158 g/mol. The molecule has 1 rings (SSSR count). The summed E-state index contributed by atoms with van der Waals surface area (Å²) in [6.45, 7) is 0. The van der Waals surface area contributed by atoms with Crippen LogP contribution < -0.4 is 5.73 Å². The SMILES string of the molecule is NC(=O)C[C@@H](C=O)N1OC1=O. The van der Waals surface area contributed by atoms with Gasteiger partial charge in [0.2, 0.25) is 5.91 Å². The van der Waals surface area contributed by atoms with E-state index in [0.29, 0.717) is 6.29 Å². The second kappa shape index (κ2) is 2.57. The Labute approximate surface area is 61.8 Å². The van der Waals surface area contributed by atoms with Crippen molar-refractivity contribution in [3.63, 3.8) is 0 Å². The van der Waals surface area contributed by atoms with Gasteiger partial charge in [-0.1, -0.05) is 0 Å². The minimum Gasteiger partial charge on any atom is -0.370 e. The molecule has 2 amide bonds. The molecule has 1 aliphatic rings. The van der Waals surface area contributed by atoms with Crippen molar-refractivity contribution in [2.75, 3.05) is 0 Å². The third-order valence-electron chi connectivity index (χ3n) is 1.19. The number of aldehydes is 1. The Morgan fingerprint density at radius 3 is 2.64 bits per heavy atom. The highest BCUT2D eigenvalue weighted by Crippen LogP contribution is 2.17. The molecule has 0 bridgehead atoms. The lowest BCUT2D eigenvalue weighted by molar-refractivity contribution is -0.123. The first-order valence-corrected chi connectivity index (χ1v) is 2.90. The summed E-state index contributed by atoms with van der Waals surface area (Å²) in [6, 6.07) is -0.861. The van der Waals surface area contributed by atoms with Gasteiger partial charge in [-0.15, -0.1) is 5.06 Å². The molecule has 1 aliphatic heterocycles. The molecule has 1 fully saturated rings. The molecule has 11 heavy (non-hydrogen) atoms. The van der Waals surface area contributed by atoms with Crippen LogP contribution in [0.3, 0.4) is 0 Å². The van der Waals surface area contributed by atoms with E-state index in [1.54, 1.807) is 0 Å². The first-order valence-electron chi connectivity index (χ1n) is 2.90. The maximum atomic E-state index is 10.3. The first kappa shape index (κ1) is 7.52. The van der Waals surface area contributed by atoms with E-state index < -0.39 is 18.0 Å². The van der Waals surface area contributed by atoms with Gasteiger partial charge in [-0.05, 0) is 0 Å². The molecule has 0 aromatic carbocycles. The molecule has 0 radical (unpaired) electrons. The lowest BCUT2D eigenvalue weighted by atomic mass is 10.2. The summed E-state index contributed by atoms with van der Waals surface area (Å²) >= 11 is 0. The number of nitrogens with zero attached hydrogens (tertiary/aromatic N) is 1. The number of primary amides is 1. The predicted molar refractivity (Wildman–Crippen MR) is 32.0 cm³/mol. The fraction of sp³-hybridized carbons (Fsp3) is 0.400. The van der Waals surface area contributed by atoms with Crippen molar-refractivity contribution in [2.45, 2.75) is 12.5 Å². The maximum absolute atomic E-state index is 10.3. The summed E-state index contributed by atoms with van der Waals surface area (Å²) in [6.07, 6.45) is -0.367. The van der Waals surface area contributed by atoms with Crippen LogP contribution in [0.4, 0.5) is 4.79 Å². The van der Waals surface area contributed by atoms with E-state index in [4.69, 9.17) is 5.73 Å². The number of hydrogen-bond acceptors (Lipinski definition) is 4. The van der Waals surface area contributed by atoms with Gasteiger partial charge < -0.3 is 15.4 Å². The smallest absolute Gasteiger partial charge is 0.370 e. The Morgan fingerprint density at radius 1 is 1.82 bits per heavy atom. The third kappa shape index (κ3) is 1.66. The van der Waals surface area contributed by atoms with Crippen molar-refractivity contribution in [1.82, 2.24) is 5.06 Å². The number of nitrogens with two attached hydrogens (primary N) is 1. The Bertz CT molecular complexity index is 215. The van der Waals surface area contributed by atoms with E-state index in [-0.39, 0.29) is 6.42 Å². The van der Waals surface area contributed by atoms with Crippen molar-refractivity contribution >= 4 is 18.3 Å². The number of rotatable bonds is 4. The Balaban J connectivity index is 2.44. The summed E-state index contributed by atoms with van der Waals surface area (Å²) in [5.74, 6) is -0.648. The number of amides is 2. The van der Waals surface area contributed by atoms with Crippen LogP contribution in [0.15, 0.2) is 0 Å².